The van der Waals surface area contributed by atoms with Gasteiger partial charge in [0.05, 0.1) is 6.54 Å². The largest absolute Gasteiger partial charge is 0.332 e. The molecule has 0 N–H and O–H groups in total. The van der Waals surface area contributed by atoms with Gasteiger partial charge in [0, 0.05) is 19.7 Å². The van der Waals surface area contributed by atoms with E-state index in [9.17, 15) is 14.4 Å². The molecule has 29 heavy (non-hydrogen) atoms. The van der Waals surface area contributed by atoms with Crippen LogP contribution in [0.15, 0.2) is 33.9 Å². The molecule has 154 valence electrons. The molecular formula is C21H25ClN4O3. The number of hydrogen-bond donors (Lipinski definition) is 0. The van der Waals surface area contributed by atoms with Crippen molar-refractivity contribution in [3.8, 4) is 0 Å². The Labute approximate surface area is 173 Å². The van der Waals surface area contributed by atoms with E-state index >= 15 is 0 Å². The summed E-state index contributed by atoms with van der Waals surface area (Å²) in [5.74, 6) is -0.181. The molecule has 1 aromatic carbocycles. The Morgan fingerprint density at radius 2 is 1.72 bits per heavy atom. The molecule has 0 unspecified atom stereocenters. The molecule has 0 fully saturated rings. The summed E-state index contributed by atoms with van der Waals surface area (Å²) >= 11 is 6.19. The quantitative estimate of drug-likeness (QED) is 0.321. The van der Waals surface area contributed by atoms with Crippen molar-refractivity contribution in [1.29, 1.82) is 0 Å². The number of Topliss-reactive ketones (excluding diaryl/α,β-unsaturated/α-hetero) is 1. The summed E-state index contributed by atoms with van der Waals surface area (Å²) in [6.45, 7) is 2.06. The molecule has 0 bridgehead atoms. The van der Waals surface area contributed by atoms with E-state index in [4.69, 9.17) is 11.6 Å². The fourth-order valence-electron chi connectivity index (χ4n) is 3.41. The predicted octanol–water partition coefficient (Wildman–Crippen LogP) is 3.09. The van der Waals surface area contributed by atoms with Crippen LogP contribution in [0.1, 0.15) is 48.5 Å². The second kappa shape index (κ2) is 8.78. The van der Waals surface area contributed by atoms with Crippen LogP contribution in [-0.2, 0) is 27.1 Å². The van der Waals surface area contributed by atoms with Gasteiger partial charge in [-0.25, -0.2) is 4.79 Å². The molecular weight excluding hydrogens is 392 g/mol. The molecule has 3 aromatic rings. The number of fused-ring (bicyclic) bond motifs is 1. The average molecular weight is 417 g/mol. The zero-order valence-corrected chi connectivity index (χ0v) is 17.7. The highest BCUT2D eigenvalue weighted by Gasteiger charge is 2.20. The summed E-state index contributed by atoms with van der Waals surface area (Å²) in [7, 11) is 2.90. The number of aryl methyl sites for hydroxylation is 2. The van der Waals surface area contributed by atoms with Crippen LogP contribution < -0.4 is 11.2 Å². The third-order valence-electron chi connectivity index (χ3n) is 5.20. The number of rotatable bonds is 8. The molecule has 0 aliphatic heterocycles. The average Bonchev–Trinajstić information content (AvgIpc) is 3.04. The second-order valence-corrected chi connectivity index (χ2v) is 7.61. The highest BCUT2D eigenvalue weighted by Crippen LogP contribution is 2.17. The molecule has 0 aliphatic rings. The highest BCUT2D eigenvalue weighted by molar-refractivity contribution is 6.29. The molecule has 0 radical (unpaired) electrons. The number of ketones is 1. The predicted molar refractivity (Wildman–Crippen MR) is 114 cm³/mol. The SMILES string of the molecule is CCCCCCc1ccc(C(=O)Cn2c(Cl)nc3c2c(=O)n(C)c(=O)n3C)cc1. The van der Waals surface area contributed by atoms with Crippen LogP contribution >= 0.6 is 11.6 Å². The van der Waals surface area contributed by atoms with Crippen molar-refractivity contribution in [3.63, 3.8) is 0 Å². The number of imidazole rings is 1. The first-order valence-corrected chi connectivity index (χ1v) is 10.2. The lowest BCUT2D eigenvalue weighted by atomic mass is 10.0. The van der Waals surface area contributed by atoms with E-state index < -0.39 is 11.2 Å². The van der Waals surface area contributed by atoms with E-state index in [1.165, 1.54) is 48.1 Å². The summed E-state index contributed by atoms with van der Waals surface area (Å²) in [6, 6.07) is 7.54. The van der Waals surface area contributed by atoms with Crippen molar-refractivity contribution in [2.45, 2.75) is 45.6 Å². The first kappa shape index (κ1) is 21.0. The van der Waals surface area contributed by atoms with Gasteiger partial charge in [-0.2, -0.15) is 4.98 Å². The van der Waals surface area contributed by atoms with Gasteiger partial charge in [0.2, 0.25) is 5.28 Å². The molecule has 3 rings (SSSR count). The van der Waals surface area contributed by atoms with E-state index in [0.717, 1.165) is 17.4 Å². The van der Waals surface area contributed by atoms with Gasteiger partial charge in [0.15, 0.2) is 16.9 Å². The van der Waals surface area contributed by atoms with Crippen molar-refractivity contribution in [2.75, 3.05) is 0 Å². The molecule has 0 amide bonds. The summed E-state index contributed by atoms with van der Waals surface area (Å²) in [5, 5.41) is -0.000746. The number of halogens is 1. The molecule has 7 nitrogen and oxygen atoms in total. The third kappa shape index (κ3) is 4.19. The van der Waals surface area contributed by atoms with E-state index in [1.54, 1.807) is 12.1 Å². The fraction of sp³-hybridized carbons (Fsp3) is 0.429. The Morgan fingerprint density at radius 3 is 2.38 bits per heavy atom. The lowest BCUT2D eigenvalue weighted by Gasteiger charge is -2.08. The summed E-state index contributed by atoms with van der Waals surface area (Å²) in [6.07, 6.45) is 5.79. The van der Waals surface area contributed by atoms with Gasteiger partial charge in [-0.15, -0.1) is 0 Å². The number of nitrogens with zero attached hydrogens (tertiary/aromatic N) is 4. The summed E-state index contributed by atoms with van der Waals surface area (Å²) in [5.41, 5.74) is 1.02. The molecule has 0 saturated heterocycles. The maximum absolute atomic E-state index is 12.8. The smallest absolute Gasteiger partial charge is 0.301 e. The van der Waals surface area contributed by atoms with Gasteiger partial charge in [0.25, 0.3) is 5.56 Å². The number of carbonyl (C=O) groups is 1. The van der Waals surface area contributed by atoms with Crippen LogP contribution in [0.2, 0.25) is 5.28 Å². The van der Waals surface area contributed by atoms with E-state index in [-0.39, 0.29) is 28.8 Å². The van der Waals surface area contributed by atoms with Crippen molar-refractivity contribution in [2.24, 2.45) is 14.1 Å². The molecule has 0 saturated carbocycles. The van der Waals surface area contributed by atoms with Crippen LogP contribution in [0.3, 0.4) is 0 Å². The Balaban J connectivity index is 1.84. The third-order valence-corrected chi connectivity index (χ3v) is 5.49. The van der Waals surface area contributed by atoms with Gasteiger partial charge in [0.1, 0.15) is 0 Å². The maximum atomic E-state index is 12.8. The van der Waals surface area contributed by atoms with E-state index in [0.29, 0.717) is 5.56 Å². The molecule has 2 aromatic heterocycles. The number of hydrogen-bond acceptors (Lipinski definition) is 4. The van der Waals surface area contributed by atoms with Crippen LogP contribution in [0, 0.1) is 0 Å². The summed E-state index contributed by atoms with van der Waals surface area (Å²) in [4.78, 5) is 41.5. The van der Waals surface area contributed by atoms with E-state index in [2.05, 4.69) is 11.9 Å². The minimum absolute atomic E-state index is 0.000746. The van der Waals surface area contributed by atoms with Crippen molar-refractivity contribution < 1.29 is 4.79 Å². The summed E-state index contributed by atoms with van der Waals surface area (Å²) < 4.78 is 3.59. The number of aromatic nitrogens is 4. The minimum Gasteiger partial charge on any atom is -0.301 e. The molecule has 8 heteroatoms. The molecule has 2 heterocycles. The van der Waals surface area contributed by atoms with Crippen LogP contribution in [0.4, 0.5) is 0 Å². The Bertz CT molecular complexity index is 1160. The van der Waals surface area contributed by atoms with Crippen LogP contribution in [0.5, 0.6) is 0 Å². The van der Waals surface area contributed by atoms with Crippen molar-refractivity contribution in [3.05, 3.63) is 61.5 Å². The molecule has 0 spiro atoms. The molecule has 0 atom stereocenters. The minimum atomic E-state index is -0.530. The van der Waals surface area contributed by atoms with Crippen LogP contribution in [-0.4, -0.2) is 24.5 Å². The first-order chi connectivity index (χ1) is 13.8. The standard InChI is InChI=1S/C21H25ClN4O3/c1-4-5-6-7-8-14-9-11-15(12-10-14)16(27)13-26-17-18(23-20(26)22)24(2)21(29)25(3)19(17)28/h9-12H,4-8,13H2,1-3H3. The normalized spacial score (nSPS) is 11.3. The fourth-order valence-corrected chi connectivity index (χ4v) is 3.64. The first-order valence-electron chi connectivity index (χ1n) is 9.79. The Kier molecular flexibility index (Phi) is 6.37. The van der Waals surface area contributed by atoms with Gasteiger partial charge in [-0.3, -0.25) is 18.7 Å². The van der Waals surface area contributed by atoms with Crippen molar-refractivity contribution in [1.82, 2.24) is 18.7 Å². The molecule has 0 aliphatic carbocycles. The van der Waals surface area contributed by atoms with Gasteiger partial charge in [-0.1, -0.05) is 50.5 Å². The van der Waals surface area contributed by atoms with Crippen molar-refractivity contribution >= 4 is 28.5 Å². The lowest BCUT2D eigenvalue weighted by Crippen LogP contribution is -2.37. The zero-order chi connectivity index (χ0) is 21.1. The van der Waals surface area contributed by atoms with Crippen LogP contribution in [0.25, 0.3) is 11.2 Å². The topological polar surface area (TPSA) is 78.9 Å². The lowest BCUT2D eigenvalue weighted by molar-refractivity contribution is 0.0973. The number of benzene rings is 1. The van der Waals surface area contributed by atoms with Gasteiger partial charge >= 0.3 is 5.69 Å². The Morgan fingerprint density at radius 1 is 1.03 bits per heavy atom. The Hall–Kier alpha value is -2.67. The second-order valence-electron chi connectivity index (χ2n) is 7.28. The maximum Gasteiger partial charge on any atom is 0.332 e. The van der Waals surface area contributed by atoms with E-state index in [1.807, 2.05) is 12.1 Å². The highest BCUT2D eigenvalue weighted by atomic mass is 35.5. The number of unbranched alkanes of at least 4 members (excludes halogenated alkanes) is 3. The van der Waals surface area contributed by atoms with Gasteiger partial charge < -0.3 is 4.57 Å². The monoisotopic (exact) mass is 416 g/mol. The number of carbonyl (C=O) groups excluding carboxylic acids is 1. The zero-order valence-electron chi connectivity index (χ0n) is 16.9. The van der Waals surface area contributed by atoms with Gasteiger partial charge in [-0.05, 0) is 30.0 Å².